The highest BCUT2D eigenvalue weighted by Gasteiger charge is 2.11. The van der Waals surface area contributed by atoms with E-state index in [1.807, 2.05) is 19.1 Å². The Balaban J connectivity index is 2.23. The van der Waals surface area contributed by atoms with Crippen LogP contribution in [-0.4, -0.2) is 15.7 Å². The molecule has 2 rings (SSSR count). The number of amides is 1. The summed E-state index contributed by atoms with van der Waals surface area (Å²) in [6, 6.07) is 7.37. The van der Waals surface area contributed by atoms with Crippen molar-refractivity contribution in [1.82, 2.24) is 9.78 Å². The van der Waals surface area contributed by atoms with Gasteiger partial charge in [-0.15, -0.1) is 0 Å². The molecule has 0 atom stereocenters. The van der Waals surface area contributed by atoms with Crippen molar-refractivity contribution >= 4 is 27.7 Å². The minimum absolute atomic E-state index is 0.152. The zero-order valence-electron chi connectivity index (χ0n) is 9.57. The molecule has 0 unspecified atom stereocenters. The third kappa shape index (κ3) is 2.55. The van der Waals surface area contributed by atoms with Gasteiger partial charge in [-0.3, -0.25) is 9.48 Å². The average Bonchev–Trinajstić information content (AvgIpc) is 2.64. The number of rotatable bonds is 2. The number of anilines is 1. The summed E-state index contributed by atoms with van der Waals surface area (Å²) in [5, 5.41) is 6.79. The summed E-state index contributed by atoms with van der Waals surface area (Å²) in [6.07, 6.45) is 1.64. The van der Waals surface area contributed by atoms with Gasteiger partial charge in [0.05, 0.1) is 11.8 Å². The molecule has 4 nitrogen and oxygen atoms in total. The number of aryl methyl sites for hydroxylation is 2. The number of carbonyl (C=O) groups excluding carboxylic acids is 1. The van der Waals surface area contributed by atoms with E-state index in [9.17, 15) is 4.79 Å². The molecule has 5 heteroatoms. The number of carbonyl (C=O) groups is 1. The van der Waals surface area contributed by atoms with Crippen molar-refractivity contribution in [2.24, 2.45) is 7.05 Å². The number of benzene rings is 1. The molecule has 0 spiro atoms. The molecule has 0 aliphatic carbocycles. The summed E-state index contributed by atoms with van der Waals surface area (Å²) in [5.74, 6) is 0.517. The van der Waals surface area contributed by atoms with Gasteiger partial charge in [0.1, 0.15) is 5.82 Å². The van der Waals surface area contributed by atoms with Gasteiger partial charge in [-0.1, -0.05) is 6.07 Å². The molecule has 1 N–H and O–H groups in total. The summed E-state index contributed by atoms with van der Waals surface area (Å²) in [5.41, 5.74) is 1.71. The molecule has 0 aliphatic rings. The van der Waals surface area contributed by atoms with E-state index in [0.717, 1.165) is 10.0 Å². The minimum Gasteiger partial charge on any atom is -0.307 e. The fourth-order valence-corrected chi connectivity index (χ4v) is 2.16. The van der Waals surface area contributed by atoms with Gasteiger partial charge in [0, 0.05) is 17.6 Å². The van der Waals surface area contributed by atoms with Crippen LogP contribution < -0.4 is 5.32 Å². The minimum atomic E-state index is -0.152. The molecule has 1 heterocycles. The summed E-state index contributed by atoms with van der Waals surface area (Å²) in [7, 11) is 1.78. The van der Waals surface area contributed by atoms with Crippen LogP contribution in [0.1, 0.15) is 15.9 Å². The largest absolute Gasteiger partial charge is 0.307 e. The van der Waals surface area contributed by atoms with E-state index in [1.54, 1.807) is 30.1 Å². The zero-order valence-corrected chi connectivity index (χ0v) is 11.2. The van der Waals surface area contributed by atoms with E-state index in [2.05, 4.69) is 26.3 Å². The van der Waals surface area contributed by atoms with Crippen LogP contribution in [0.2, 0.25) is 0 Å². The molecular formula is C12H12BrN3O. The Labute approximate surface area is 108 Å². The third-order valence-electron chi connectivity index (χ3n) is 2.43. The van der Waals surface area contributed by atoms with Crippen molar-refractivity contribution in [3.8, 4) is 0 Å². The molecule has 88 valence electrons. The van der Waals surface area contributed by atoms with Crippen LogP contribution in [0.3, 0.4) is 0 Å². The first kappa shape index (κ1) is 11.9. The van der Waals surface area contributed by atoms with Crippen molar-refractivity contribution in [3.05, 3.63) is 46.1 Å². The lowest BCUT2D eigenvalue weighted by atomic mass is 10.1. The Morgan fingerprint density at radius 1 is 1.41 bits per heavy atom. The number of hydrogen-bond acceptors (Lipinski definition) is 2. The number of nitrogens with zero attached hydrogens (tertiary/aromatic N) is 2. The van der Waals surface area contributed by atoms with Gasteiger partial charge >= 0.3 is 0 Å². The van der Waals surface area contributed by atoms with Gasteiger partial charge in [-0.2, -0.15) is 5.10 Å². The Hall–Kier alpha value is -1.62. The predicted molar refractivity (Wildman–Crippen MR) is 70.0 cm³/mol. The molecule has 0 saturated carbocycles. The van der Waals surface area contributed by atoms with E-state index < -0.39 is 0 Å². The average molecular weight is 294 g/mol. The molecular weight excluding hydrogens is 282 g/mol. The Morgan fingerprint density at radius 2 is 2.18 bits per heavy atom. The first-order valence-corrected chi connectivity index (χ1v) is 5.93. The number of hydrogen-bond donors (Lipinski definition) is 1. The summed E-state index contributed by atoms with van der Waals surface area (Å²) >= 11 is 3.39. The van der Waals surface area contributed by atoms with Gasteiger partial charge in [0.15, 0.2) is 0 Å². The SMILES string of the molecule is Cc1ccc(C(=O)Nc2ccnn2C)c(Br)c1. The maximum absolute atomic E-state index is 12.0. The quantitative estimate of drug-likeness (QED) is 0.925. The predicted octanol–water partition coefficient (Wildman–Crippen LogP) is 2.74. The molecule has 0 fully saturated rings. The van der Waals surface area contributed by atoms with Crippen molar-refractivity contribution < 1.29 is 4.79 Å². The second kappa shape index (κ2) is 4.71. The third-order valence-corrected chi connectivity index (χ3v) is 3.09. The smallest absolute Gasteiger partial charge is 0.257 e. The van der Waals surface area contributed by atoms with Crippen LogP contribution in [0.4, 0.5) is 5.82 Å². The second-order valence-corrected chi connectivity index (χ2v) is 4.63. The molecule has 1 aromatic carbocycles. The molecule has 0 bridgehead atoms. The zero-order chi connectivity index (χ0) is 12.4. The van der Waals surface area contributed by atoms with E-state index >= 15 is 0 Å². The molecule has 2 aromatic rings. The van der Waals surface area contributed by atoms with Crippen molar-refractivity contribution in [1.29, 1.82) is 0 Å². The lowest BCUT2D eigenvalue weighted by molar-refractivity contribution is 0.102. The number of nitrogens with one attached hydrogen (secondary N) is 1. The topological polar surface area (TPSA) is 46.9 Å². The highest BCUT2D eigenvalue weighted by Crippen LogP contribution is 2.19. The number of aromatic nitrogens is 2. The lowest BCUT2D eigenvalue weighted by Gasteiger charge is -2.07. The molecule has 1 aromatic heterocycles. The van der Waals surface area contributed by atoms with Crippen molar-refractivity contribution in [2.75, 3.05) is 5.32 Å². The number of halogens is 1. The van der Waals surface area contributed by atoms with Crippen LogP contribution in [0.25, 0.3) is 0 Å². The van der Waals surface area contributed by atoms with Crippen LogP contribution >= 0.6 is 15.9 Å². The van der Waals surface area contributed by atoms with E-state index in [4.69, 9.17) is 0 Å². The normalized spacial score (nSPS) is 10.3. The van der Waals surface area contributed by atoms with Gasteiger partial charge in [0.25, 0.3) is 5.91 Å². The molecule has 0 saturated heterocycles. The van der Waals surface area contributed by atoms with E-state index in [1.165, 1.54) is 0 Å². The molecule has 17 heavy (non-hydrogen) atoms. The van der Waals surface area contributed by atoms with E-state index in [-0.39, 0.29) is 5.91 Å². The van der Waals surface area contributed by atoms with Gasteiger partial charge in [0.2, 0.25) is 0 Å². The summed E-state index contributed by atoms with van der Waals surface area (Å²) < 4.78 is 2.40. The lowest BCUT2D eigenvalue weighted by Crippen LogP contribution is -2.15. The van der Waals surface area contributed by atoms with Crippen LogP contribution in [0, 0.1) is 6.92 Å². The summed E-state index contributed by atoms with van der Waals surface area (Å²) in [6.45, 7) is 1.98. The maximum atomic E-state index is 12.0. The standard InChI is InChI=1S/C12H12BrN3O/c1-8-3-4-9(10(13)7-8)12(17)15-11-5-6-14-16(11)2/h3-7H,1-2H3,(H,15,17). The fourth-order valence-electron chi connectivity index (χ4n) is 1.48. The Morgan fingerprint density at radius 3 is 2.76 bits per heavy atom. The monoisotopic (exact) mass is 293 g/mol. The first-order valence-electron chi connectivity index (χ1n) is 5.13. The van der Waals surface area contributed by atoms with Crippen molar-refractivity contribution in [2.45, 2.75) is 6.92 Å². The Kier molecular flexibility index (Phi) is 3.28. The highest BCUT2D eigenvalue weighted by molar-refractivity contribution is 9.10. The molecule has 1 amide bonds. The Bertz CT molecular complexity index is 563. The van der Waals surface area contributed by atoms with Gasteiger partial charge < -0.3 is 5.32 Å². The van der Waals surface area contributed by atoms with Crippen LogP contribution in [0.5, 0.6) is 0 Å². The summed E-state index contributed by atoms with van der Waals surface area (Å²) in [4.78, 5) is 12.0. The van der Waals surface area contributed by atoms with E-state index in [0.29, 0.717) is 11.4 Å². The van der Waals surface area contributed by atoms with Gasteiger partial charge in [-0.05, 0) is 40.5 Å². The highest BCUT2D eigenvalue weighted by atomic mass is 79.9. The van der Waals surface area contributed by atoms with Gasteiger partial charge in [-0.25, -0.2) is 0 Å². The first-order chi connectivity index (χ1) is 8.08. The van der Waals surface area contributed by atoms with Crippen LogP contribution in [-0.2, 0) is 7.05 Å². The maximum Gasteiger partial charge on any atom is 0.257 e. The second-order valence-electron chi connectivity index (χ2n) is 3.78. The fraction of sp³-hybridized carbons (Fsp3) is 0.167. The molecule has 0 radical (unpaired) electrons. The van der Waals surface area contributed by atoms with Crippen molar-refractivity contribution in [3.63, 3.8) is 0 Å². The molecule has 0 aliphatic heterocycles. The van der Waals surface area contributed by atoms with Crippen LogP contribution in [0.15, 0.2) is 34.9 Å².